The van der Waals surface area contributed by atoms with Gasteiger partial charge in [0.15, 0.2) is 11.8 Å². The van der Waals surface area contributed by atoms with Crippen LogP contribution in [-0.2, 0) is 13.6 Å². The van der Waals surface area contributed by atoms with Crippen LogP contribution in [-0.4, -0.2) is 33.3 Å². The first kappa shape index (κ1) is 20.7. The van der Waals surface area contributed by atoms with Crippen LogP contribution in [0.15, 0.2) is 4.99 Å². The lowest BCUT2D eigenvalue weighted by atomic mass is 9.78. The molecule has 6 heteroatoms. The molecule has 1 fully saturated rings. The topological polar surface area (TPSA) is 67.1 Å². The van der Waals surface area contributed by atoms with E-state index in [1.165, 1.54) is 38.5 Å². The Balaban J connectivity index is 1.98. The molecule has 2 rings (SSSR count). The van der Waals surface area contributed by atoms with Crippen molar-refractivity contribution in [2.75, 3.05) is 6.54 Å². The van der Waals surface area contributed by atoms with Crippen molar-refractivity contribution in [3.05, 3.63) is 11.6 Å². The maximum Gasteiger partial charge on any atom is 0.191 e. The quantitative estimate of drug-likeness (QED) is 0.421. The number of aliphatic imine (C=N–C) groups is 1. The van der Waals surface area contributed by atoms with Crippen LogP contribution < -0.4 is 10.6 Å². The standard InChI is InChI=1S/C20H38N6/c1-6-7-13-21-20(22-14-19-25-24-17(4)26(19)5)23-16(3)15(2)18-11-9-8-10-12-18/h15-16,18H,6-14H2,1-5H3,(H2,21,22,23). The molecule has 2 N–H and O–H groups in total. The molecular weight excluding hydrogens is 324 g/mol. The number of nitrogens with zero attached hydrogens (tertiary/aromatic N) is 4. The lowest BCUT2D eigenvalue weighted by Gasteiger charge is -2.33. The fraction of sp³-hybridized carbons (Fsp3) is 0.850. The molecule has 2 unspecified atom stereocenters. The predicted molar refractivity (Wildman–Crippen MR) is 108 cm³/mol. The van der Waals surface area contributed by atoms with E-state index in [4.69, 9.17) is 4.99 Å². The van der Waals surface area contributed by atoms with Crippen LogP contribution in [0.25, 0.3) is 0 Å². The molecule has 1 aliphatic rings. The first-order chi connectivity index (χ1) is 12.5. The minimum atomic E-state index is 0.409. The SMILES string of the molecule is CCCCNC(=NCc1nnc(C)n1C)NC(C)C(C)C1CCCCC1. The van der Waals surface area contributed by atoms with Crippen molar-refractivity contribution in [3.63, 3.8) is 0 Å². The van der Waals surface area contributed by atoms with Crippen LogP contribution in [0.4, 0.5) is 0 Å². The molecule has 2 atom stereocenters. The second-order valence-corrected chi connectivity index (χ2v) is 7.86. The van der Waals surface area contributed by atoms with Crippen molar-refractivity contribution in [2.24, 2.45) is 23.9 Å². The molecule has 1 aliphatic carbocycles. The highest BCUT2D eigenvalue weighted by atomic mass is 15.3. The molecule has 1 aromatic rings. The van der Waals surface area contributed by atoms with Gasteiger partial charge in [0.2, 0.25) is 0 Å². The minimum Gasteiger partial charge on any atom is -0.356 e. The van der Waals surface area contributed by atoms with Gasteiger partial charge in [-0.2, -0.15) is 0 Å². The van der Waals surface area contributed by atoms with Gasteiger partial charge in [-0.05, 0) is 32.1 Å². The summed E-state index contributed by atoms with van der Waals surface area (Å²) in [6.07, 6.45) is 9.27. The Bertz CT molecular complexity index is 559. The summed E-state index contributed by atoms with van der Waals surface area (Å²) in [4.78, 5) is 4.78. The van der Waals surface area contributed by atoms with Crippen molar-refractivity contribution in [1.82, 2.24) is 25.4 Å². The number of nitrogens with one attached hydrogen (secondary N) is 2. The predicted octanol–water partition coefficient (Wildman–Crippen LogP) is 3.56. The van der Waals surface area contributed by atoms with Crippen molar-refractivity contribution >= 4 is 5.96 Å². The Morgan fingerprint density at radius 3 is 2.58 bits per heavy atom. The number of hydrogen-bond acceptors (Lipinski definition) is 3. The minimum absolute atomic E-state index is 0.409. The van der Waals surface area contributed by atoms with Crippen molar-refractivity contribution in [2.45, 2.75) is 85.2 Å². The van der Waals surface area contributed by atoms with E-state index in [9.17, 15) is 0 Å². The van der Waals surface area contributed by atoms with Gasteiger partial charge in [0, 0.05) is 19.6 Å². The van der Waals surface area contributed by atoms with E-state index >= 15 is 0 Å². The summed E-state index contributed by atoms with van der Waals surface area (Å²) in [7, 11) is 1.99. The van der Waals surface area contributed by atoms with E-state index in [0.29, 0.717) is 18.5 Å². The second kappa shape index (κ2) is 10.5. The molecule has 6 nitrogen and oxygen atoms in total. The molecule has 0 amide bonds. The zero-order valence-corrected chi connectivity index (χ0v) is 17.4. The van der Waals surface area contributed by atoms with Crippen LogP contribution in [0.1, 0.15) is 77.4 Å². The molecule has 26 heavy (non-hydrogen) atoms. The zero-order chi connectivity index (χ0) is 18.9. The van der Waals surface area contributed by atoms with Crippen LogP contribution in [0.2, 0.25) is 0 Å². The molecule has 1 saturated carbocycles. The van der Waals surface area contributed by atoms with Gasteiger partial charge < -0.3 is 15.2 Å². The molecule has 1 aromatic heterocycles. The van der Waals surface area contributed by atoms with Gasteiger partial charge in [0.25, 0.3) is 0 Å². The first-order valence-electron chi connectivity index (χ1n) is 10.4. The summed E-state index contributed by atoms with van der Waals surface area (Å²) < 4.78 is 2.00. The lowest BCUT2D eigenvalue weighted by Crippen LogP contribution is -2.46. The van der Waals surface area contributed by atoms with E-state index in [-0.39, 0.29) is 0 Å². The molecular formula is C20H38N6. The highest BCUT2D eigenvalue weighted by Crippen LogP contribution is 2.31. The van der Waals surface area contributed by atoms with Gasteiger partial charge in [-0.3, -0.25) is 0 Å². The summed E-state index contributed by atoms with van der Waals surface area (Å²) in [6, 6.07) is 0.409. The van der Waals surface area contributed by atoms with Crippen molar-refractivity contribution in [3.8, 4) is 0 Å². The number of hydrogen-bond donors (Lipinski definition) is 2. The van der Waals surface area contributed by atoms with Crippen molar-refractivity contribution in [1.29, 1.82) is 0 Å². The van der Waals surface area contributed by atoms with Crippen LogP contribution in [0, 0.1) is 18.8 Å². The smallest absolute Gasteiger partial charge is 0.191 e. The molecule has 0 aromatic carbocycles. The lowest BCUT2D eigenvalue weighted by molar-refractivity contribution is 0.229. The van der Waals surface area contributed by atoms with Crippen LogP contribution in [0.3, 0.4) is 0 Å². The summed E-state index contributed by atoms with van der Waals surface area (Å²) >= 11 is 0. The largest absolute Gasteiger partial charge is 0.356 e. The Morgan fingerprint density at radius 1 is 1.23 bits per heavy atom. The zero-order valence-electron chi connectivity index (χ0n) is 17.4. The first-order valence-corrected chi connectivity index (χ1v) is 10.4. The van der Waals surface area contributed by atoms with E-state index in [1.54, 1.807) is 0 Å². The number of guanidine groups is 1. The summed E-state index contributed by atoms with van der Waals surface area (Å²) in [5.74, 6) is 4.21. The summed E-state index contributed by atoms with van der Waals surface area (Å²) in [6.45, 7) is 10.4. The summed E-state index contributed by atoms with van der Waals surface area (Å²) in [5, 5.41) is 15.5. The van der Waals surface area contributed by atoms with Crippen LogP contribution in [0.5, 0.6) is 0 Å². The van der Waals surface area contributed by atoms with E-state index < -0.39 is 0 Å². The fourth-order valence-corrected chi connectivity index (χ4v) is 3.69. The molecule has 0 saturated heterocycles. The number of rotatable bonds is 8. The molecule has 148 valence electrons. The fourth-order valence-electron chi connectivity index (χ4n) is 3.69. The van der Waals surface area contributed by atoms with Gasteiger partial charge in [0.05, 0.1) is 0 Å². The van der Waals surface area contributed by atoms with E-state index in [2.05, 4.69) is 41.6 Å². The normalized spacial score (nSPS) is 18.6. The second-order valence-electron chi connectivity index (χ2n) is 7.86. The monoisotopic (exact) mass is 362 g/mol. The molecule has 0 aliphatic heterocycles. The van der Waals surface area contributed by atoms with Gasteiger partial charge in [0.1, 0.15) is 12.4 Å². The van der Waals surface area contributed by atoms with Gasteiger partial charge >= 0.3 is 0 Å². The average molecular weight is 363 g/mol. The van der Waals surface area contributed by atoms with Crippen LogP contribution >= 0.6 is 0 Å². The van der Waals surface area contributed by atoms with Crippen molar-refractivity contribution < 1.29 is 0 Å². The third kappa shape index (κ3) is 5.99. The van der Waals surface area contributed by atoms with E-state index in [1.807, 2.05) is 18.5 Å². The molecule has 0 bridgehead atoms. The summed E-state index contributed by atoms with van der Waals surface area (Å²) in [5.41, 5.74) is 0. The third-order valence-electron chi connectivity index (χ3n) is 5.93. The highest BCUT2D eigenvalue weighted by molar-refractivity contribution is 5.80. The molecule has 1 heterocycles. The van der Waals surface area contributed by atoms with Gasteiger partial charge in [-0.25, -0.2) is 4.99 Å². The number of aromatic nitrogens is 3. The maximum atomic E-state index is 4.78. The molecule has 0 radical (unpaired) electrons. The van der Waals surface area contributed by atoms with Gasteiger partial charge in [-0.1, -0.05) is 52.4 Å². The van der Waals surface area contributed by atoms with E-state index in [0.717, 1.165) is 36.5 Å². The number of unbranched alkanes of at least 4 members (excludes halogenated alkanes) is 1. The van der Waals surface area contributed by atoms with Gasteiger partial charge in [-0.15, -0.1) is 10.2 Å². The third-order valence-corrected chi connectivity index (χ3v) is 5.93. The Kier molecular flexibility index (Phi) is 8.39. The Morgan fingerprint density at radius 2 is 1.96 bits per heavy atom. The number of aryl methyl sites for hydroxylation is 1. The average Bonchev–Trinajstić information content (AvgIpc) is 2.98. The highest BCUT2D eigenvalue weighted by Gasteiger charge is 2.25. The molecule has 0 spiro atoms. The maximum absolute atomic E-state index is 4.78. The Labute approximate surface area is 159 Å². The Hall–Kier alpha value is -1.59.